The molecule has 14 rings (SSSR count). The van der Waals surface area contributed by atoms with Crippen molar-refractivity contribution >= 4 is 96.0 Å². The minimum atomic E-state index is -3.23. The van der Waals surface area contributed by atoms with Crippen LogP contribution in [0.4, 0.5) is 0 Å². The average Bonchev–Trinajstić information content (AvgIpc) is 3.99. The van der Waals surface area contributed by atoms with Crippen LogP contribution in [0.2, 0.25) is 5.54 Å². The van der Waals surface area contributed by atoms with Crippen molar-refractivity contribution in [1.29, 1.82) is 0 Å². The van der Waals surface area contributed by atoms with Gasteiger partial charge in [-0.1, -0.05) is 153 Å². The van der Waals surface area contributed by atoms with Gasteiger partial charge in [-0.15, -0.1) is 0 Å². The third kappa shape index (κ3) is 3.39. The molecule has 0 saturated heterocycles. The summed E-state index contributed by atoms with van der Waals surface area (Å²) < 4.78 is 8.89. The van der Waals surface area contributed by atoms with Crippen molar-refractivity contribution < 1.29 is 0 Å². The van der Waals surface area contributed by atoms with E-state index >= 15 is 0 Å². The number of hydrogen-bond donors (Lipinski definition) is 0. The van der Waals surface area contributed by atoms with E-state index in [0.29, 0.717) is 0 Å². The highest BCUT2D eigenvalue weighted by atomic mass is 28.4. The van der Waals surface area contributed by atoms with Crippen molar-refractivity contribution in [2.45, 2.75) is 24.8 Å². The quantitative estimate of drug-likeness (QED) is 0.138. The second kappa shape index (κ2) is 10.2. The van der Waals surface area contributed by atoms with Gasteiger partial charge in [0.15, 0.2) is 0 Å². The molecule has 2 bridgehead atoms. The Balaban J connectivity index is 1.28. The Hall–Kier alpha value is -6.62. The Kier molecular flexibility index (Phi) is 5.39. The monoisotopic (exact) mass is 729 g/mol. The molecular weight excluding hydrogens is 695 g/mol. The van der Waals surface area contributed by atoms with Gasteiger partial charge < -0.3 is 12.7 Å². The summed E-state index contributed by atoms with van der Waals surface area (Å²) in [6.45, 7) is 2.57. The first kappa shape index (κ1) is 29.7. The first-order chi connectivity index (χ1) is 27.7. The maximum Gasteiger partial charge on any atom is 0.398 e. The molecule has 0 amide bonds. The zero-order valence-corrected chi connectivity index (χ0v) is 31.9. The van der Waals surface area contributed by atoms with Crippen molar-refractivity contribution in [3.8, 4) is 11.4 Å². The molecule has 262 valence electrons. The van der Waals surface area contributed by atoms with Crippen molar-refractivity contribution in [2.24, 2.45) is 0 Å². The van der Waals surface area contributed by atoms with E-state index < -0.39 is 8.56 Å². The Morgan fingerprint density at radius 2 is 0.821 bits per heavy atom. The molecule has 56 heavy (non-hydrogen) atoms. The minimum absolute atomic E-state index is 0.260. The fourth-order valence-electron chi connectivity index (χ4n) is 11.8. The number of hydrogen-bond acceptors (Lipinski definition) is 0. The SMILES string of the molecule is CC1c2c(ccc3ccccc23)C=C2CC1[Si]1(n3c2cc2ccc4ccccc4c23)n2c(cc3ccc4ccccc4c32)-c2cc3ccc4ccccc4c3n21. The van der Waals surface area contributed by atoms with Crippen LogP contribution in [0.15, 0.2) is 164 Å². The third-order valence-electron chi connectivity index (χ3n) is 14.0. The molecule has 3 aliphatic rings. The largest absolute Gasteiger partial charge is 0.398 e. The number of fused-ring (bicyclic) bond motifs is 26. The second-order valence-electron chi connectivity index (χ2n) is 16.5. The lowest BCUT2D eigenvalue weighted by Crippen LogP contribution is -2.62. The predicted molar refractivity (Wildman–Crippen MR) is 238 cm³/mol. The molecule has 0 fully saturated rings. The van der Waals surface area contributed by atoms with Gasteiger partial charge in [-0.25, -0.2) is 0 Å². The number of rotatable bonds is 0. The van der Waals surface area contributed by atoms with E-state index in [4.69, 9.17) is 0 Å². The van der Waals surface area contributed by atoms with Gasteiger partial charge in [-0.05, 0) is 80.2 Å². The lowest BCUT2D eigenvalue weighted by Gasteiger charge is -2.47. The molecule has 2 atom stereocenters. The van der Waals surface area contributed by atoms with Gasteiger partial charge in [0.1, 0.15) is 0 Å². The Morgan fingerprint density at radius 3 is 1.34 bits per heavy atom. The topological polar surface area (TPSA) is 14.8 Å². The van der Waals surface area contributed by atoms with E-state index in [9.17, 15) is 0 Å². The van der Waals surface area contributed by atoms with Crippen LogP contribution in [0, 0.1) is 0 Å². The molecule has 1 spiro atoms. The summed E-state index contributed by atoms with van der Waals surface area (Å²) in [7, 11) is -3.23. The molecule has 0 N–H and O–H groups in total. The molecule has 8 aromatic carbocycles. The summed E-state index contributed by atoms with van der Waals surface area (Å²) in [6, 6.07) is 62.8. The lowest BCUT2D eigenvalue weighted by atomic mass is 9.89. The van der Waals surface area contributed by atoms with Crippen molar-refractivity contribution in [1.82, 2.24) is 12.7 Å². The van der Waals surface area contributed by atoms with E-state index in [1.807, 2.05) is 0 Å². The zero-order chi connectivity index (χ0) is 36.4. The van der Waals surface area contributed by atoms with Crippen LogP contribution in [0.3, 0.4) is 0 Å². The molecule has 0 saturated carbocycles. The van der Waals surface area contributed by atoms with Gasteiger partial charge in [0, 0.05) is 43.6 Å². The van der Waals surface area contributed by atoms with Gasteiger partial charge in [-0.2, -0.15) is 0 Å². The van der Waals surface area contributed by atoms with Crippen LogP contribution < -0.4 is 0 Å². The predicted octanol–water partition coefficient (Wildman–Crippen LogP) is 13.5. The number of nitrogens with zero attached hydrogens (tertiary/aromatic N) is 3. The first-order valence-electron chi connectivity index (χ1n) is 20.0. The highest BCUT2D eigenvalue weighted by molar-refractivity contribution is 6.82. The number of aromatic nitrogens is 3. The summed E-state index contributed by atoms with van der Waals surface area (Å²) in [4.78, 5) is 0. The highest BCUT2D eigenvalue weighted by Crippen LogP contribution is 2.60. The molecule has 3 aromatic heterocycles. The minimum Gasteiger partial charge on any atom is -0.332 e. The van der Waals surface area contributed by atoms with Crippen LogP contribution >= 0.6 is 0 Å². The van der Waals surface area contributed by atoms with Crippen molar-refractivity contribution in [3.05, 3.63) is 181 Å². The van der Waals surface area contributed by atoms with E-state index in [0.717, 1.165) is 6.42 Å². The number of allylic oxidation sites excluding steroid dienone is 1. The molecule has 3 nitrogen and oxygen atoms in total. The second-order valence-corrected chi connectivity index (χ2v) is 20.0. The Labute approximate surface area is 324 Å². The van der Waals surface area contributed by atoms with Gasteiger partial charge >= 0.3 is 8.56 Å². The van der Waals surface area contributed by atoms with Crippen LogP contribution in [0.1, 0.15) is 36.1 Å². The van der Waals surface area contributed by atoms with Crippen LogP contribution in [-0.4, -0.2) is 21.3 Å². The molecule has 0 radical (unpaired) electrons. The van der Waals surface area contributed by atoms with E-state index in [1.165, 1.54) is 110 Å². The molecule has 2 unspecified atom stereocenters. The first-order valence-corrected chi connectivity index (χ1v) is 21.9. The average molecular weight is 730 g/mol. The van der Waals surface area contributed by atoms with Gasteiger partial charge in [-0.3, -0.25) is 0 Å². The fraction of sp³-hybridized carbons (Fsp3) is 0.0769. The Morgan fingerprint density at radius 1 is 0.429 bits per heavy atom. The van der Waals surface area contributed by atoms with Crippen molar-refractivity contribution in [2.75, 3.05) is 0 Å². The van der Waals surface area contributed by atoms with Gasteiger partial charge in [0.25, 0.3) is 0 Å². The fourth-order valence-corrected chi connectivity index (χ4v) is 18.1. The summed E-state index contributed by atoms with van der Waals surface area (Å²) in [5, 5.41) is 14.5. The van der Waals surface area contributed by atoms with Gasteiger partial charge in [0.2, 0.25) is 0 Å². The summed E-state index contributed by atoms with van der Waals surface area (Å²) in [5.41, 5.74) is 12.8. The lowest BCUT2D eigenvalue weighted by molar-refractivity contribution is 0.629. The number of benzene rings is 8. The molecule has 5 heterocycles. The normalized spacial score (nSPS) is 17.9. The maximum atomic E-state index is 2.97. The standard InChI is InChI=1S/C52H35N3Si/c1-31-48-30-40(26-36-22-18-32-10-2-6-14-41(32)49(31)36)45-27-37-23-19-33-11-3-7-15-42(33)50(37)53(45)56(48)54-46(28-38-24-20-34-12-4-8-16-43(34)51(38)54)47-29-39-25-21-35-13-5-9-17-44(35)52(39)55(47)56/h2-29,31,48H,30H2,1H3. The van der Waals surface area contributed by atoms with Gasteiger partial charge in [0.05, 0.1) is 27.9 Å². The molecule has 1 aliphatic carbocycles. The van der Waals surface area contributed by atoms with Crippen molar-refractivity contribution in [3.63, 3.8) is 0 Å². The van der Waals surface area contributed by atoms with E-state index in [-0.39, 0.29) is 11.5 Å². The van der Waals surface area contributed by atoms with Crippen LogP contribution in [0.25, 0.3) is 98.8 Å². The van der Waals surface area contributed by atoms with Crippen LogP contribution in [0.5, 0.6) is 0 Å². The van der Waals surface area contributed by atoms with E-state index in [2.05, 4.69) is 189 Å². The molecule has 11 aromatic rings. The zero-order valence-electron chi connectivity index (χ0n) is 30.9. The highest BCUT2D eigenvalue weighted by Gasteiger charge is 2.62. The molecule has 2 aliphatic heterocycles. The summed E-state index contributed by atoms with van der Waals surface area (Å²) >= 11 is 0. The summed E-state index contributed by atoms with van der Waals surface area (Å²) in [5.74, 6) is 0.260. The third-order valence-corrected chi connectivity index (χ3v) is 19.0. The Bertz CT molecular complexity index is 3490. The maximum absolute atomic E-state index is 3.23. The molecule has 4 heteroatoms. The van der Waals surface area contributed by atoms with E-state index in [1.54, 1.807) is 0 Å². The smallest absolute Gasteiger partial charge is 0.332 e. The summed E-state index contributed by atoms with van der Waals surface area (Å²) in [6.07, 6.45) is 3.58. The van der Waals surface area contributed by atoms with Crippen LogP contribution in [-0.2, 0) is 0 Å². The molecular formula is C52H35N3Si.